The summed E-state index contributed by atoms with van der Waals surface area (Å²) in [6.07, 6.45) is 6.51. The summed E-state index contributed by atoms with van der Waals surface area (Å²) in [7, 11) is 0. The second kappa shape index (κ2) is 6.76. The zero-order chi connectivity index (χ0) is 14.6. The average Bonchev–Trinajstić information content (AvgIpc) is 2.34. The lowest BCUT2D eigenvalue weighted by Crippen LogP contribution is -2.52. The second-order valence-corrected chi connectivity index (χ2v) is 7.78. The zero-order valence-electron chi connectivity index (χ0n) is 13.8. The van der Waals surface area contributed by atoms with Gasteiger partial charge in [0.1, 0.15) is 6.10 Å². The fourth-order valence-electron chi connectivity index (χ4n) is 3.47. The SMILES string of the molecule is CCCNCC1(OC2COC2)CCC(C(C)(C)C)CC1. The molecule has 0 aromatic carbocycles. The Morgan fingerprint density at radius 3 is 2.30 bits per heavy atom. The van der Waals surface area contributed by atoms with Crippen LogP contribution in [0.25, 0.3) is 0 Å². The highest BCUT2D eigenvalue weighted by molar-refractivity contribution is 4.93. The van der Waals surface area contributed by atoms with Crippen molar-refractivity contribution >= 4 is 0 Å². The summed E-state index contributed by atoms with van der Waals surface area (Å²) in [5.41, 5.74) is 0.494. The van der Waals surface area contributed by atoms with Crippen LogP contribution in [-0.2, 0) is 9.47 Å². The zero-order valence-corrected chi connectivity index (χ0v) is 13.8. The van der Waals surface area contributed by atoms with Crippen LogP contribution in [0.5, 0.6) is 0 Å². The van der Waals surface area contributed by atoms with Gasteiger partial charge in [-0.25, -0.2) is 0 Å². The van der Waals surface area contributed by atoms with Crippen LogP contribution in [0.4, 0.5) is 0 Å². The van der Waals surface area contributed by atoms with Crippen molar-refractivity contribution in [2.24, 2.45) is 11.3 Å². The van der Waals surface area contributed by atoms with Crippen molar-refractivity contribution in [1.82, 2.24) is 5.32 Å². The van der Waals surface area contributed by atoms with Crippen LogP contribution < -0.4 is 5.32 Å². The van der Waals surface area contributed by atoms with Crippen LogP contribution in [0.3, 0.4) is 0 Å². The molecule has 118 valence electrons. The van der Waals surface area contributed by atoms with Crippen molar-refractivity contribution in [2.75, 3.05) is 26.3 Å². The summed E-state index contributed by atoms with van der Waals surface area (Å²) >= 11 is 0. The van der Waals surface area contributed by atoms with Crippen molar-refractivity contribution in [3.8, 4) is 0 Å². The van der Waals surface area contributed by atoms with Gasteiger partial charge in [-0.2, -0.15) is 0 Å². The van der Waals surface area contributed by atoms with Gasteiger partial charge >= 0.3 is 0 Å². The van der Waals surface area contributed by atoms with E-state index in [1.165, 1.54) is 32.1 Å². The molecule has 20 heavy (non-hydrogen) atoms. The molecule has 2 fully saturated rings. The van der Waals surface area contributed by atoms with Crippen molar-refractivity contribution in [3.05, 3.63) is 0 Å². The van der Waals surface area contributed by atoms with E-state index < -0.39 is 0 Å². The molecule has 1 aliphatic carbocycles. The monoisotopic (exact) mass is 283 g/mol. The number of rotatable bonds is 6. The molecular formula is C17H33NO2. The molecule has 1 saturated carbocycles. The summed E-state index contributed by atoms with van der Waals surface area (Å²) < 4.78 is 11.7. The lowest BCUT2D eigenvalue weighted by molar-refractivity contribution is -0.204. The Morgan fingerprint density at radius 2 is 1.85 bits per heavy atom. The van der Waals surface area contributed by atoms with E-state index in [0.29, 0.717) is 11.5 Å². The molecule has 1 saturated heterocycles. The van der Waals surface area contributed by atoms with Gasteiger partial charge in [0, 0.05) is 6.54 Å². The third-order valence-corrected chi connectivity index (χ3v) is 5.02. The fraction of sp³-hybridized carbons (Fsp3) is 1.00. The minimum absolute atomic E-state index is 0.0609. The maximum atomic E-state index is 6.43. The van der Waals surface area contributed by atoms with Gasteiger partial charge in [0.2, 0.25) is 0 Å². The molecule has 2 rings (SSSR count). The van der Waals surface area contributed by atoms with Crippen molar-refractivity contribution < 1.29 is 9.47 Å². The molecule has 1 N–H and O–H groups in total. The topological polar surface area (TPSA) is 30.5 Å². The summed E-state index contributed by atoms with van der Waals surface area (Å²) in [5.74, 6) is 0.836. The molecule has 0 spiro atoms. The molecule has 0 radical (unpaired) electrons. The predicted octanol–water partition coefficient (Wildman–Crippen LogP) is 3.38. The number of nitrogens with one attached hydrogen (secondary N) is 1. The van der Waals surface area contributed by atoms with Crippen LogP contribution >= 0.6 is 0 Å². The molecule has 0 unspecified atom stereocenters. The maximum Gasteiger partial charge on any atom is 0.105 e. The highest BCUT2D eigenvalue weighted by Gasteiger charge is 2.41. The normalized spacial score (nSPS) is 32.1. The van der Waals surface area contributed by atoms with E-state index in [4.69, 9.17) is 9.47 Å². The fourth-order valence-corrected chi connectivity index (χ4v) is 3.47. The van der Waals surface area contributed by atoms with Crippen LogP contribution in [-0.4, -0.2) is 38.0 Å². The third-order valence-electron chi connectivity index (χ3n) is 5.02. The van der Waals surface area contributed by atoms with E-state index in [2.05, 4.69) is 33.0 Å². The molecule has 3 heteroatoms. The van der Waals surface area contributed by atoms with Gasteiger partial charge in [0.25, 0.3) is 0 Å². The average molecular weight is 283 g/mol. The molecule has 0 aromatic rings. The minimum atomic E-state index is 0.0609. The van der Waals surface area contributed by atoms with Gasteiger partial charge in [-0.05, 0) is 50.0 Å². The third kappa shape index (κ3) is 4.19. The Hall–Kier alpha value is -0.120. The van der Waals surface area contributed by atoms with Crippen LogP contribution in [0, 0.1) is 11.3 Å². The van der Waals surface area contributed by atoms with Gasteiger partial charge < -0.3 is 14.8 Å². The highest BCUT2D eigenvalue weighted by Crippen LogP contribution is 2.43. The quantitative estimate of drug-likeness (QED) is 0.758. The lowest BCUT2D eigenvalue weighted by atomic mass is 9.68. The van der Waals surface area contributed by atoms with Gasteiger partial charge in [-0.1, -0.05) is 27.7 Å². The molecule has 0 amide bonds. The smallest absolute Gasteiger partial charge is 0.105 e. The molecule has 0 aromatic heterocycles. The molecular weight excluding hydrogens is 250 g/mol. The Balaban J connectivity index is 1.90. The number of hydrogen-bond donors (Lipinski definition) is 1. The summed E-state index contributed by atoms with van der Waals surface area (Å²) in [5, 5.41) is 3.59. The van der Waals surface area contributed by atoms with E-state index in [1.54, 1.807) is 0 Å². The highest BCUT2D eigenvalue weighted by atomic mass is 16.6. The Morgan fingerprint density at radius 1 is 1.20 bits per heavy atom. The van der Waals surface area contributed by atoms with Crippen molar-refractivity contribution in [2.45, 2.75) is 71.5 Å². The Labute approximate surface area is 124 Å². The molecule has 1 aliphatic heterocycles. The Kier molecular flexibility index (Phi) is 5.49. The summed E-state index contributed by atoms with van der Waals surface area (Å²) in [4.78, 5) is 0. The number of hydrogen-bond acceptors (Lipinski definition) is 3. The maximum absolute atomic E-state index is 6.43. The Bertz CT molecular complexity index is 286. The molecule has 1 heterocycles. The lowest BCUT2D eigenvalue weighted by Gasteiger charge is -2.46. The van der Waals surface area contributed by atoms with Crippen molar-refractivity contribution in [1.29, 1.82) is 0 Å². The first-order valence-electron chi connectivity index (χ1n) is 8.41. The van der Waals surface area contributed by atoms with Gasteiger partial charge in [-0.3, -0.25) is 0 Å². The van der Waals surface area contributed by atoms with E-state index in [-0.39, 0.29) is 5.60 Å². The van der Waals surface area contributed by atoms with Crippen LogP contribution in [0.15, 0.2) is 0 Å². The molecule has 3 nitrogen and oxygen atoms in total. The molecule has 0 bridgehead atoms. The van der Waals surface area contributed by atoms with Gasteiger partial charge in [-0.15, -0.1) is 0 Å². The van der Waals surface area contributed by atoms with Gasteiger partial charge in [0.05, 0.1) is 18.8 Å². The standard InChI is InChI=1S/C17H33NO2/c1-5-10-18-13-17(20-15-11-19-12-15)8-6-14(7-9-17)16(2,3)4/h14-15,18H,5-13H2,1-4H3. The van der Waals surface area contributed by atoms with Gasteiger partial charge in [0.15, 0.2) is 0 Å². The van der Waals surface area contributed by atoms with Crippen LogP contribution in [0.1, 0.15) is 59.8 Å². The first-order chi connectivity index (χ1) is 9.45. The van der Waals surface area contributed by atoms with E-state index in [9.17, 15) is 0 Å². The summed E-state index contributed by atoms with van der Waals surface area (Å²) in [6.45, 7) is 13.0. The van der Waals surface area contributed by atoms with E-state index >= 15 is 0 Å². The van der Waals surface area contributed by atoms with Crippen molar-refractivity contribution in [3.63, 3.8) is 0 Å². The first kappa shape index (κ1) is 16.3. The second-order valence-electron chi connectivity index (χ2n) is 7.78. The van der Waals surface area contributed by atoms with E-state index in [0.717, 1.165) is 32.2 Å². The van der Waals surface area contributed by atoms with Crippen LogP contribution in [0.2, 0.25) is 0 Å². The molecule has 2 aliphatic rings. The first-order valence-corrected chi connectivity index (χ1v) is 8.41. The molecule has 0 atom stereocenters. The largest absolute Gasteiger partial charge is 0.376 e. The number of ether oxygens (including phenoxy) is 2. The predicted molar refractivity (Wildman–Crippen MR) is 83.0 cm³/mol. The summed E-state index contributed by atoms with van der Waals surface area (Å²) in [6, 6.07) is 0. The van der Waals surface area contributed by atoms with E-state index in [1.807, 2.05) is 0 Å². The minimum Gasteiger partial charge on any atom is -0.376 e.